The third-order valence-electron chi connectivity index (χ3n) is 7.92. The lowest BCUT2D eigenvalue weighted by Crippen LogP contribution is -2.47. The summed E-state index contributed by atoms with van der Waals surface area (Å²) in [4.78, 5) is 23.5. The van der Waals surface area contributed by atoms with E-state index in [0.29, 0.717) is 41.0 Å². The molecule has 40 heavy (non-hydrogen) atoms. The average Bonchev–Trinajstić information content (AvgIpc) is 3.49. The second-order valence-electron chi connectivity index (χ2n) is 10.3. The van der Waals surface area contributed by atoms with Gasteiger partial charge >= 0.3 is 0 Å². The van der Waals surface area contributed by atoms with Crippen LogP contribution in [0.2, 0.25) is 0 Å². The number of aliphatic hydroxyl groups is 1. The molecule has 0 spiro atoms. The number of benzene rings is 1. The summed E-state index contributed by atoms with van der Waals surface area (Å²) in [5.41, 5.74) is 9.92. The monoisotopic (exact) mass is 565 g/mol. The van der Waals surface area contributed by atoms with E-state index in [1.54, 1.807) is 47.6 Å². The standard InChI is InChI=1S/C28H30N6O5S/c1-39-21-8-3-16(4-9-21)23-10-5-17(13-30-23)22-14-31-34-27(29)26(40(2,37)38)25(32-28(22)34)18-11-19-6-7-20(12-18)33(19)24(36)15-35/h3-5,8-10,13-14,18-20,35H,6-7,11-12,15,29H2,1-2H3/t18-,19+,20-/i1D3. The molecule has 208 valence electrons. The number of pyridine rings is 1. The second-order valence-corrected chi connectivity index (χ2v) is 12.3. The number of ether oxygens (including phenoxy) is 1. The largest absolute Gasteiger partial charge is 0.497 e. The van der Waals surface area contributed by atoms with E-state index in [4.69, 9.17) is 19.6 Å². The summed E-state index contributed by atoms with van der Waals surface area (Å²) in [6.45, 7) is -0.556. The smallest absolute Gasteiger partial charge is 0.248 e. The Balaban J connectivity index is 1.36. The molecule has 2 fully saturated rings. The molecule has 2 saturated heterocycles. The molecule has 3 aromatic heterocycles. The normalized spacial score (nSPS) is 22.1. The molecule has 3 N–H and O–H groups in total. The first kappa shape index (κ1) is 22.8. The first-order chi connectivity index (χ1) is 20.3. The maximum absolute atomic E-state index is 13.0. The van der Waals surface area contributed by atoms with Gasteiger partial charge in [-0.3, -0.25) is 9.78 Å². The highest BCUT2D eigenvalue weighted by atomic mass is 32.2. The molecule has 3 atom stereocenters. The molecule has 0 unspecified atom stereocenters. The molecule has 1 amide bonds. The van der Waals surface area contributed by atoms with Gasteiger partial charge in [0.25, 0.3) is 0 Å². The second kappa shape index (κ2) is 9.86. The topological polar surface area (TPSA) is 153 Å². The lowest BCUT2D eigenvalue weighted by Gasteiger charge is -2.39. The Morgan fingerprint density at radius 3 is 2.42 bits per heavy atom. The number of nitrogens with zero attached hydrogens (tertiary/aromatic N) is 5. The molecule has 2 aliphatic heterocycles. The van der Waals surface area contributed by atoms with Crippen LogP contribution < -0.4 is 10.5 Å². The zero-order valence-corrected chi connectivity index (χ0v) is 22.5. The summed E-state index contributed by atoms with van der Waals surface area (Å²) in [6.07, 6.45) is 6.92. The van der Waals surface area contributed by atoms with Crippen molar-refractivity contribution >= 4 is 27.2 Å². The number of hydrogen-bond acceptors (Lipinski definition) is 9. The van der Waals surface area contributed by atoms with Crippen molar-refractivity contribution in [3.05, 3.63) is 54.5 Å². The number of aliphatic hydroxyl groups excluding tert-OH is 1. The Hall–Kier alpha value is -4.03. The van der Waals surface area contributed by atoms with Gasteiger partial charge in [-0.2, -0.15) is 9.61 Å². The van der Waals surface area contributed by atoms with Crippen molar-refractivity contribution in [2.75, 3.05) is 25.6 Å². The molecule has 0 saturated carbocycles. The van der Waals surface area contributed by atoms with E-state index in [0.717, 1.165) is 24.7 Å². The van der Waals surface area contributed by atoms with Gasteiger partial charge in [0, 0.05) is 47.1 Å². The van der Waals surface area contributed by atoms with Crippen LogP contribution in [0.15, 0.2) is 53.7 Å². The highest BCUT2D eigenvalue weighted by Crippen LogP contribution is 2.45. The summed E-state index contributed by atoms with van der Waals surface area (Å²) in [6, 6.07) is 9.99. The quantitative estimate of drug-likeness (QED) is 0.359. The Bertz CT molecular complexity index is 1800. The number of hydrogen-bond donors (Lipinski definition) is 2. The maximum atomic E-state index is 13.0. The number of rotatable bonds is 6. The van der Waals surface area contributed by atoms with Crippen molar-refractivity contribution in [1.29, 1.82) is 0 Å². The minimum atomic E-state index is -3.78. The number of sulfone groups is 1. The molecular formula is C28H30N6O5S. The SMILES string of the molecule is [2H]C([2H])([2H])Oc1ccc(-c2ccc(-c3cnn4c(N)c(S(C)(=O)=O)c([C@H]5C[C@H]6CC[C@@H](C5)N6C(=O)CO)nc34)cn2)cc1. The van der Waals surface area contributed by atoms with Crippen LogP contribution in [0.5, 0.6) is 5.75 Å². The molecule has 12 heteroatoms. The van der Waals surface area contributed by atoms with Crippen LogP contribution in [0.1, 0.15) is 41.4 Å². The van der Waals surface area contributed by atoms with Gasteiger partial charge in [-0.1, -0.05) is 6.07 Å². The van der Waals surface area contributed by atoms with Gasteiger partial charge in [0.2, 0.25) is 5.91 Å². The number of methoxy groups -OCH3 is 1. The van der Waals surface area contributed by atoms with Gasteiger partial charge in [-0.25, -0.2) is 13.4 Å². The number of amides is 1. The first-order valence-corrected chi connectivity index (χ1v) is 14.8. The van der Waals surface area contributed by atoms with Crippen LogP contribution in [0.3, 0.4) is 0 Å². The van der Waals surface area contributed by atoms with Gasteiger partial charge < -0.3 is 20.5 Å². The number of aromatic nitrogens is 4. The fourth-order valence-corrected chi connectivity index (χ4v) is 7.24. The molecule has 11 nitrogen and oxygen atoms in total. The van der Waals surface area contributed by atoms with Crippen molar-refractivity contribution in [1.82, 2.24) is 24.5 Å². The third kappa shape index (κ3) is 4.37. The van der Waals surface area contributed by atoms with Crippen molar-refractivity contribution in [2.45, 2.75) is 48.6 Å². The van der Waals surface area contributed by atoms with Crippen LogP contribution >= 0.6 is 0 Å². The molecule has 4 aromatic rings. The number of anilines is 1. The number of carbonyl (C=O) groups excluding carboxylic acids is 1. The van der Waals surface area contributed by atoms with Crippen LogP contribution in [-0.4, -0.2) is 75.9 Å². The number of nitrogens with two attached hydrogens (primary N) is 1. The minimum absolute atomic E-state index is 0.0288. The van der Waals surface area contributed by atoms with Crippen molar-refractivity contribution in [3.8, 4) is 28.1 Å². The first-order valence-electron chi connectivity index (χ1n) is 14.4. The summed E-state index contributed by atoms with van der Waals surface area (Å²) in [5, 5.41) is 13.8. The number of carbonyl (C=O) groups is 1. The van der Waals surface area contributed by atoms with Crippen molar-refractivity contribution < 1.29 is 27.2 Å². The summed E-state index contributed by atoms with van der Waals surface area (Å²) >= 11 is 0. The Labute approximate surface area is 235 Å². The van der Waals surface area contributed by atoms with E-state index < -0.39 is 23.5 Å². The Kier molecular flexibility index (Phi) is 5.61. The fourth-order valence-electron chi connectivity index (χ4n) is 6.19. The summed E-state index contributed by atoms with van der Waals surface area (Å²) < 4.78 is 54.0. The highest BCUT2D eigenvalue weighted by molar-refractivity contribution is 7.91. The zero-order valence-electron chi connectivity index (χ0n) is 24.7. The van der Waals surface area contributed by atoms with E-state index in [9.17, 15) is 18.3 Å². The maximum Gasteiger partial charge on any atom is 0.248 e. The zero-order chi connectivity index (χ0) is 30.7. The molecule has 2 aliphatic rings. The van der Waals surface area contributed by atoms with Crippen molar-refractivity contribution in [2.24, 2.45) is 0 Å². The molecule has 2 bridgehead atoms. The van der Waals surface area contributed by atoms with E-state index >= 15 is 0 Å². The van der Waals surface area contributed by atoms with E-state index in [1.165, 1.54) is 4.52 Å². The summed E-state index contributed by atoms with van der Waals surface area (Å²) in [7, 11) is -6.32. The van der Waals surface area contributed by atoms with Gasteiger partial charge in [-0.15, -0.1) is 0 Å². The fraction of sp³-hybridized carbons (Fsp3) is 0.357. The predicted molar refractivity (Wildman–Crippen MR) is 148 cm³/mol. The van der Waals surface area contributed by atoms with Crippen LogP contribution in [0.25, 0.3) is 28.0 Å². The number of fused-ring (bicyclic) bond motifs is 3. The van der Waals surface area contributed by atoms with Crippen LogP contribution in [0.4, 0.5) is 5.82 Å². The lowest BCUT2D eigenvalue weighted by molar-refractivity contribution is -0.138. The molecule has 6 rings (SSSR count). The molecule has 5 heterocycles. The summed E-state index contributed by atoms with van der Waals surface area (Å²) in [5.74, 6) is -0.374. The average molecular weight is 566 g/mol. The van der Waals surface area contributed by atoms with Crippen LogP contribution in [0, 0.1) is 0 Å². The molecular weight excluding hydrogens is 532 g/mol. The molecule has 1 aromatic carbocycles. The van der Waals surface area contributed by atoms with Gasteiger partial charge in [-0.05, 0) is 56.0 Å². The lowest BCUT2D eigenvalue weighted by atomic mass is 9.87. The molecule has 0 aliphatic carbocycles. The number of piperidine rings is 1. The van der Waals surface area contributed by atoms with E-state index in [1.807, 2.05) is 6.07 Å². The van der Waals surface area contributed by atoms with E-state index in [2.05, 4.69) is 10.1 Å². The van der Waals surface area contributed by atoms with Crippen LogP contribution in [-0.2, 0) is 14.6 Å². The Morgan fingerprint density at radius 1 is 1.12 bits per heavy atom. The van der Waals surface area contributed by atoms with Gasteiger partial charge in [0.05, 0.1) is 28.7 Å². The van der Waals surface area contributed by atoms with Crippen molar-refractivity contribution in [3.63, 3.8) is 0 Å². The number of nitrogen functional groups attached to an aromatic ring is 1. The minimum Gasteiger partial charge on any atom is -0.497 e. The van der Waals surface area contributed by atoms with Gasteiger partial charge in [0.15, 0.2) is 15.5 Å². The highest BCUT2D eigenvalue weighted by Gasteiger charge is 2.45. The Morgan fingerprint density at radius 2 is 1.82 bits per heavy atom. The molecule has 0 radical (unpaired) electrons. The third-order valence-corrected chi connectivity index (χ3v) is 9.08. The predicted octanol–water partition coefficient (Wildman–Crippen LogP) is 2.68. The van der Waals surface area contributed by atoms with Gasteiger partial charge in [0.1, 0.15) is 23.1 Å². The van der Waals surface area contributed by atoms with E-state index in [-0.39, 0.29) is 40.4 Å².